The van der Waals surface area contributed by atoms with Crippen LogP contribution in [-0.2, 0) is 11.8 Å². The van der Waals surface area contributed by atoms with E-state index in [1.54, 1.807) is 0 Å². The van der Waals surface area contributed by atoms with E-state index in [9.17, 15) is 0 Å². The van der Waals surface area contributed by atoms with E-state index in [4.69, 9.17) is 21.5 Å². The van der Waals surface area contributed by atoms with Crippen molar-refractivity contribution in [1.82, 2.24) is 20.3 Å². The van der Waals surface area contributed by atoms with E-state index in [0.29, 0.717) is 18.7 Å². The van der Waals surface area contributed by atoms with Crippen molar-refractivity contribution in [3.63, 3.8) is 0 Å². The highest BCUT2D eigenvalue weighted by Crippen LogP contribution is 2.56. The van der Waals surface area contributed by atoms with Gasteiger partial charge in [0.05, 0.1) is 69.9 Å². The monoisotopic (exact) mass is 1150 g/mol. The molecule has 0 amide bonds. The van der Waals surface area contributed by atoms with Gasteiger partial charge in [-0.25, -0.2) is 0 Å². The van der Waals surface area contributed by atoms with Gasteiger partial charge in [-0.1, -0.05) is 213 Å². The summed E-state index contributed by atoms with van der Waals surface area (Å²) in [5.74, 6) is 0. The lowest BCUT2D eigenvalue weighted by Gasteiger charge is -2.36. The zero-order chi connectivity index (χ0) is 59.8. The summed E-state index contributed by atoms with van der Waals surface area (Å²) in [6.45, 7) is 5.60. The number of hydrogen-bond donors (Lipinski definition) is 1. The van der Waals surface area contributed by atoms with Gasteiger partial charge in [-0.3, -0.25) is 15.0 Å². The maximum absolute atomic E-state index is 5.66. The lowest BCUT2D eigenvalue weighted by atomic mass is 9.68. The summed E-state index contributed by atoms with van der Waals surface area (Å²) in [7, 11) is 0. The van der Waals surface area contributed by atoms with Crippen LogP contribution >= 0.6 is 0 Å². The molecule has 8 nitrogen and oxygen atoms in total. The highest BCUT2D eigenvalue weighted by Gasteiger charge is 2.48. The van der Waals surface area contributed by atoms with Crippen LogP contribution in [0.1, 0.15) is 39.6 Å². The summed E-state index contributed by atoms with van der Waals surface area (Å²) in [5.41, 5.74) is 18.2. The fourth-order valence-corrected chi connectivity index (χ4v) is 12.7. The average molecular weight is 1150 g/mol. The molecule has 1 N–H and O–H groups in total. The van der Waals surface area contributed by atoms with Crippen LogP contribution in [0.5, 0.6) is 0 Å². The number of rotatable bonds is 20. The predicted molar refractivity (Wildman–Crippen MR) is 367 cm³/mol. The Hall–Kier alpha value is -11.6. The number of nitrogens with one attached hydrogen (secondary N) is 1. The molecule has 10 aromatic carbocycles. The van der Waals surface area contributed by atoms with Crippen molar-refractivity contribution in [1.29, 1.82) is 0 Å². The van der Waals surface area contributed by atoms with E-state index < -0.39 is 5.41 Å². The number of anilines is 11. The Balaban J connectivity index is 1.01. The van der Waals surface area contributed by atoms with Crippen LogP contribution in [0.2, 0.25) is 0 Å². The lowest BCUT2D eigenvalue weighted by Crippen LogP contribution is -2.33. The second kappa shape index (κ2) is 25.2. The van der Waals surface area contributed by atoms with E-state index in [1.165, 1.54) is 0 Å². The van der Waals surface area contributed by atoms with Gasteiger partial charge < -0.3 is 24.9 Å². The Kier molecular flexibility index (Phi) is 15.6. The molecule has 0 saturated carbocycles. The molecule has 428 valence electrons. The number of hydrogen-bond acceptors (Lipinski definition) is 8. The Labute approximate surface area is 521 Å². The van der Waals surface area contributed by atoms with Crippen molar-refractivity contribution >= 4 is 68.3 Å². The highest BCUT2D eigenvalue weighted by atomic mass is 15.2. The second-order valence-electron chi connectivity index (χ2n) is 22.2. The zero-order valence-electron chi connectivity index (χ0n) is 49.2. The molecule has 8 heteroatoms. The van der Waals surface area contributed by atoms with E-state index in [1.807, 2.05) is 18.6 Å². The number of benzene rings is 10. The van der Waals surface area contributed by atoms with Gasteiger partial charge in [-0.15, -0.1) is 0 Å². The maximum atomic E-state index is 5.66. The molecule has 1 aliphatic carbocycles. The van der Waals surface area contributed by atoms with E-state index in [0.717, 1.165) is 107 Å². The smallest absolute Gasteiger partial charge is 0.0935 e. The maximum Gasteiger partial charge on any atom is 0.0935 e. The lowest BCUT2D eigenvalue weighted by molar-refractivity contribution is 0.617. The van der Waals surface area contributed by atoms with Crippen LogP contribution < -0.4 is 24.9 Å². The minimum absolute atomic E-state index is 0.248. The summed E-state index contributed by atoms with van der Waals surface area (Å²) >= 11 is 0. The van der Waals surface area contributed by atoms with Crippen molar-refractivity contribution in [2.45, 2.75) is 17.9 Å². The topological polar surface area (TPSA) is 63.7 Å². The molecular formula is C81H64N8. The third-order valence-corrected chi connectivity index (χ3v) is 16.8. The number of aromatic nitrogens is 3. The molecule has 14 rings (SSSR count). The first-order chi connectivity index (χ1) is 44.1. The molecule has 1 unspecified atom stereocenters. The number of pyridine rings is 3. The molecule has 0 fully saturated rings. The highest BCUT2D eigenvalue weighted by molar-refractivity contribution is 5.87. The van der Waals surface area contributed by atoms with E-state index >= 15 is 0 Å². The quantitative estimate of drug-likeness (QED) is 0.0810. The molecule has 0 saturated heterocycles. The van der Waals surface area contributed by atoms with Gasteiger partial charge in [0.15, 0.2) is 0 Å². The van der Waals surface area contributed by atoms with Crippen LogP contribution in [0, 0.1) is 0 Å². The van der Waals surface area contributed by atoms with Crippen molar-refractivity contribution < 1.29 is 0 Å². The molecule has 3 aromatic heterocycles. The molecule has 89 heavy (non-hydrogen) atoms. The van der Waals surface area contributed by atoms with Gasteiger partial charge in [0.2, 0.25) is 0 Å². The molecule has 13 aromatic rings. The average Bonchev–Trinajstić information content (AvgIpc) is 1.58. The normalized spacial score (nSPS) is 12.2. The number of nitrogens with zero attached hydrogens (tertiary/aromatic N) is 7. The Morgan fingerprint density at radius 1 is 0.348 bits per heavy atom. The SMILES string of the molecule is C=C(NC(CN(c1ccccc1)c1ccccc1)c1ccccc1)c1ncc(N(c2ccccc2)c2ccccc2)cc1CC1(c2ccccc2)c2cc(N(c3ccccc3)c3ccccc3)cnc2-c2ncc(N(c3ccccc3)c3ccccc3)cc21. The zero-order valence-corrected chi connectivity index (χ0v) is 49.2. The van der Waals surface area contributed by atoms with Crippen molar-refractivity contribution in [2.24, 2.45) is 0 Å². The second-order valence-corrected chi connectivity index (χ2v) is 22.2. The van der Waals surface area contributed by atoms with Crippen LogP contribution in [0.4, 0.5) is 62.6 Å². The molecule has 0 spiro atoms. The number of para-hydroxylation sites is 8. The van der Waals surface area contributed by atoms with Gasteiger partial charge >= 0.3 is 0 Å². The first-order valence-electron chi connectivity index (χ1n) is 30.2. The minimum Gasteiger partial charge on any atom is -0.375 e. The minimum atomic E-state index is -0.952. The van der Waals surface area contributed by atoms with Gasteiger partial charge in [0, 0.05) is 52.0 Å². The molecule has 1 aliphatic rings. The summed E-state index contributed by atoms with van der Waals surface area (Å²) in [4.78, 5) is 26.1. The third kappa shape index (κ3) is 11.2. The molecule has 0 radical (unpaired) electrons. The van der Waals surface area contributed by atoms with E-state index in [2.05, 4.69) is 346 Å². The van der Waals surface area contributed by atoms with Gasteiger partial charge in [0.1, 0.15) is 0 Å². The summed E-state index contributed by atoms with van der Waals surface area (Å²) in [5, 5.41) is 4.06. The number of fused-ring (bicyclic) bond motifs is 3. The van der Waals surface area contributed by atoms with Crippen LogP contribution in [0.25, 0.3) is 17.1 Å². The molecule has 0 bridgehead atoms. The Morgan fingerprint density at radius 3 is 1.01 bits per heavy atom. The van der Waals surface area contributed by atoms with Gasteiger partial charge in [-0.05, 0) is 149 Å². The molecule has 3 heterocycles. The van der Waals surface area contributed by atoms with Crippen LogP contribution in [0.15, 0.2) is 347 Å². The first kappa shape index (κ1) is 55.3. The van der Waals surface area contributed by atoms with Crippen LogP contribution in [0.3, 0.4) is 0 Å². The molecule has 0 aliphatic heterocycles. The molecular weight excluding hydrogens is 1080 g/mol. The van der Waals surface area contributed by atoms with Gasteiger partial charge in [-0.2, -0.15) is 0 Å². The summed E-state index contributed by atoms with van der Waals surface area (Å²) in [6.07, 6.45) is 6.44. The Morgan fingerprint density at radius 2 is 0.652 bits per heavy atom. The summed E-state index contributed by atoms with van der Waals surface area (Å²) in [6, 6.07) is 113. The summed E-state index contributed by atoms with van der Waals surface area (Å²) < 4.78 is 0. The van der Waals surface area contributed by atoms with Crippen molar-refractivity contribution in [2.75, 3.05) is 26.1 Å². The van der Waals surface area contributed by atoms with Gasteiger partial charge in [0.25, 0.3) is 0 Å². The van der Waals surface area contributed by atoms with E-state index in [-0.39, 0.29) is 6.04 Å². The third-order valence-electron chi connectivity index (χ3n) is 16.8. The van der Waals surface area contributed by atoms with Crippen LogP contribution in [-0.4, -0.2) is 21.5 Å². The standard InChI is InChI=1S/C81H64N8/c1-60(85-77(61-32-12-2-13-33-61)59-86(64-36-16-4-17-37-64)65-38-18-5-19-39-65)78-62(52-72(56-82-78)87(66-40-20-6-21-41-66)67-42-22-7-23-43-67)55-81(63-34-14-3-15-35-63)75-53-73(88(68-44-24-8-25-45-68)69-46-26-9-27-47-69)57-83-79(75)80-76(81)54-74(58-84-80)89(70-48-28-10-29-49-70)71-50-30-11-31-51-71/h2-54,56-58,77,85H,1,55,59H2. The Bertz CT molecular complexity index is 4180. The fraction of sp³-hybridized carbons (Fsp3) is 0.0494. The first-order valence-corrected chi connectivity index (χ1v) is 30.2. The van der Waals surface area contributed by atoms with Crippen molar-refractivity contribution in [3.05, 3.63) is 380 Å². The fourth-order valence-electron chi connectivity index (χ4n) is 12.7. The molecule has 1 atom stereocenters. The van der Waals surface area contributed by atoms with Crippen molar-refractivity contribution in [3.8, 4) is 11.4 Å². The largest absolute Gasteiger partial charge is 0.375 e. The predicted octanol–water partition coefficient (Wildman–Crippen LogP) is 20.0.